The van der Waals surface area contributed by atoms with Crippen LogP contribution in [0.2, 0.25) is 0 Å². The van der Waals surface area contributed by atoms with Gasteiger partial charge < -0.3 is 5.11 Å². The molecule has 0 aliphatic rings. The van der Waals surface area contributed by atoms with Crippen LogP contribution in [0.3, 0.4) is 0 Å². The Morgan fingerprint density at radius 1 is 0.500 bits per heavy atom. The maximum Gasteiger partial charge on any atom is 0 e. The molecule has 9 aromatic rings. The first-order valence-electron chi connectivity index (χ1n) is 26.7. The number of hydrogen-bond acceptors (Lipinski definition) is 3. The molecule has 0 unspecified atom stereocenters. The SMILES string of the molecule is Cc1cc(C)[c]([Bi]([c]2ccnc(-c3[c-]c(-c4cccc5c4nc(-c4cc(C(C)(C)C)cc(C(C)(C)C)c4O)n5-c4ccc(C(C)(C)C)cc4-c4ccccc4)cc(C(C)(C)C)c3)c2)[c]2c(C)cc(C)cc2C)c(C)c1.[Pt]. The van der Waals surface area contributed by atoms with E-state index in [-0.39, 0.29) is 48.5 Å². The standard InChI is InChI=1S/C52H55N3O.2C9H11.Bi.Pt/c1-49(2,3)36-24-25-44(40(30-36)33-19-14-13-15-20-33)55-45-23-18-21-39(34-27-35(43-22-16-17-26-53-43)29-37(28-34)50(4,5)6)46(45)54-48(55)41-31-38(51(7,8)9)32-42(47(41)56)52(10,11)12;2*1-7-4-8(2)6-9(3)5-7;;/h13-15,17-26,28-32,56H,1-12H3;2*4-5H,1-3H3;;/q-1;;;;. The van der Waals surface area contributed by atoms with E-state index in [0.717, 1.165) is 61.4 Å². The predicted molar refractivity (Wildman–Crippen MR) is 322 cm³/mol. The number of benzene rings is 7. The van der Waals surface area contributed by atoms with Gasteiger partial charge in [0.2, 0.25) is 0 Å². The molecule has 7 aromatic carbocycles. The Labute approximate surface area is 477 Å². The van der Waals surface area contributed by atoms with Crippen molar-refractivity contribution >= 4 is 42.6 Å². The normalized spacial score (nSPS) is 12.4. The fourth-order valence-electron chi connectivity index (χ4n) is 11.0. The second kappa shape index (κ2) is 21.1. The van der Waals surface area contributed by atoms with Crippen LogP contribution in [0, 0.1) is 47.6 Å². The van der Waals surface area contributed by atoms with Crippen LogP contribution in [0.15, 0.2) is 134 Å². The molecule has 0 aliphatic carbocycles. The van der Waals surface area contributed by atoms with Crippen LogP contribution < -0.4 is 9.81 Å². The summed E-state index contributed by atoms with van der Waals surface area (Å²) in [7, 11) is 0. The minimum absolute atomic E-state index is 0. The van der Waals surface area contributed by atoms with Crippen LogP contribution >= 0.6 is 0 Å². The zero-order valence-corrected chi connectivity index (χ0v) is 54.0. The summed E-state index contributed by atoms with van der Waals surface area (Å²) in [6.45, 7) is 40.6. The van der Waals surface area contributed by atoms with E-state index in [1.165, 1.54) is 47.8 Å². The van der Waals surface area contributed by atoms with Crippen molar-refractivity contribution in [1.82, 2.24) is 14.5 Å². The van der Waals surface area contributed by atoms with Crippen LogP contribution in [0.1, 0.15) is 139 Å². The molecule has 0 atom stereocenters. The van der Waals surface area contributed by atoms with Crippen molar-refractivity contribution in [3.63, 3.8) is 0 Å². The molecule has 0 saturated carbocycles. The Bertz CT molecular complexity index is 3560. The molecular formula is C70H77BiN3OPt-. The largest absolute Gasteiger partial charge is 0 e. The van der Waals surface area contributed by atoms with E-state index in [2.05, 4.69) is 263 Å². The smallest absolute Gasteiger partial charge is 0 e. The zero-order chi connectivity index (χ0) is 54.3. The second-order valence-corrected chi connectivity index (χ2v) is 33.5. The Hall–Kier alpha value is -5.47. The van der Waals surface area contributed by atoms with E-state index in [1.54, 1.807) is 6.54 Å². The third-order valence-corrected chi connectivity index (χ3v) is 27.0. The first-order valence-corrected chi connectivity index (χ1v) is 31.9. The van der Waals surface area contributed by atoms with Gasteiger partial charge in [-0.05, 0) is 39.0 Å². The number of imidazole rings is 1. The van der Waals surface area contributed by atoms with Gasteiger partial charge in [-0.25, -0.2) is 0 Å². The first kappa shape index (κ1) is 56.7. The Kier molecular flexibility index (Phi) is 15.7. The van der Waals surface area contributed by atoms with Crippen molar-refractivity contribution in [1.29, 1.82) is 0 Å². The van der Waals surface area contributed by atoms with Gasteiger partial charge in [0.15, 0.2) is 0 Å². The number of phenols is 1. The maximum atomic E-state index is 12.7. The quantitative estimate of drug-likeness (QED) is 0.122. The molecule has 2 aromatic heterocycles. The molecule has 76 heavy (non-hydrogen) atoms. The Morgan fingerprint density at radius 3 is 1.59 bits per heavy atom. The van der Waals surface area contributed by atoms with E-state index in [9.17, 15) is 5.11 Å². The summed E-state index contributed by atoms with van der Waals surface area (Å²) >= 11 is -2.98. The van der Waals surface area contributed by atoms with Crippen LogP contribution in [0.4, 0.5) is 0 Å². The predicted octanol–water partition coefficient (Wildman–Crippen LogP) is 16.1. The maximum absolute atomic E-state index is 12.7. The van der Waals surface area contributed by atoms with Crippen molar-refractivity contribution in [2.75, 3.05) is 0 Å². The number of hydrogen-bond donors (Lipinski definition) is 1. The summed E-state index contributed by atoms with van der Waals surface area (Å²) in [5.74, 6) is 0.946. The van der Waals surface area contributed by atoms with Gasteiger partial charge in [-0.15, -0.1) is 0 Å². The minimum Gasteiger partial charge on any atom is 0 e. The van der Waals surface area contributed by atoms with Crippen molar-refractivity contribution < 1.29 is 26.2 Å². The average Bonchev–Trinajstić information content (AvgIpc) is 3.77. The summed E-state index contributed by atoms with van der Waals surface area (Å²) in [4.78, 5) is 11.0. The second-order valence-electron chi connectivity index (χ2n) is 25.4. The van der Waals surface area contributed by atoms with Crippen LogP contribution in [-0.4, -0.2) is 41.4 Å². The average molecular weight is 1380 g/mol. The molecule has 4 nitrogen and oxygen atoms in total. The summed E-state index contributed by atoms with van der Waals surface area (Å²) in [6, 6.07) is 51.3. The molecule has 0 saturated heterocycles. The molecule has 0 bridgehead atoms. The third-order valence-electron chi connectivity index (χ3n) is 14.9. The number of para-hydroxylation sites is 1. The van der Waals surface area contributed by atoms with E-state index in [1.807, 2.05) is 6.20 Å². The Balaban J connectivity index is 0.00000765. The number of phenolic OH excluding ortho intramolecular Hbond substituents is 1. The van der Waals surface area contributed by atoms with Crippen LogP contribution in [0.5, 0.6) is 5.75 Å². The summed E-state index contributed by atoms with van der Waals surface area (Å²) in [5.41, 5.74) is 21.3. The molecule has 1 N–H and O–H groups in total. The molecular weight excluding hydrogens is 1300 g/mol. The number of fused-ring (bicyclic) bond motifs is 1. The molecule has 0 aliphatic heterocycles. The minimum atomic E-state index is -2.98. The number of nitrogens with zero attached hydrogens (tertiary/aromatic N) is 3. The number of aryl methyl sites for hydroxylation is 6. The molecule has 2 heterocycles. The van der Waals surface area contributed by atoms with E-state index >= 15 is 0 Å². The van der Waals surface area contributed by atoms with E-state index in [0.29, 0.717) is 11.4 Å². The summed E-state index contributed by atoms with van der Waals surface area (Å²) in [6.07, 6.45) is 2.04. The number of aromatic nitrogens is 3. The van der Waals surface area contributed by atoms with Gasteiger partial charge in [-0.3, -0.25) is 0 Å². The van der Waals surface area contributed by atoms with E-state index in [4.69, 9.17) is 9.97 Å². The fraction of sp³-hybridized carbons (Fsp3) is 0.314. The molecule has 0 amide bonds. The molecule has 0 fully saturated rings. The van der Waals surface area contributed by atoms with Crippen molar-refractivity contribution in [2.45, 2.75) is 146 Å². The van der Waals surface area contributed by atoms with Gasteiger partial charge in [-0.1, -0.05) is 105 Å². The van der Waals surface area contributed by atoms with Crippen molar-refractivity contribution in [3.8, 4) is 56.3 Å². The molecule has 0 radical (unpaired) electrons. The van der Waals surface area contributed by atoms with Crippen LogP contribution in [-0.2, 0) is 42.7 Å². The molecule has 0 spiro atoms. The van der Waals surface area contributed by atoms with Gasteiger partial charge in [0, 0.05) is 26.6 Å². The molecule has 6 heteroatoms. The first-order chi connectivity index (χ1) is 35.1. The topological polar surface area (TPSA) is 50.9 Å². The Morgan fingerprint density at radius 2 is 1.04 bits per heavy atom. The summed E-state index contributed by atoms with van der Waals surface area (Å²) < 4.78 is 6.80. The fourth-order valence-corrected chi connectivity index (χ4v) is 22.2. The van der Waals surface area contributed by atoms with E-state index < -0.39 is 21.8 Å². The number of aromatic hydroxyl groups is 1. The van der Waals surface area contributed by atoms with Gasteiger partial charge in [0.05, 0.1) is 0 Å². The number of pyridine rings is 1. The monoisotopic (exact) mass is 1380 g/mol. The van der Waals surface area contributed by atoms with Crippen molar-refractivity contribution in [2.24, 2.45) is 0 Å². The third kappa shape index (κ3) is 11.1. The van der Waals surface area contributed by atoms with Gasteiger partial charge in [0.25, 0.3) is 0 Å². The summed E-state index contributed by atoms with van der Waals surface area (Å²) in [5, 5.41) is 12.7. The number of rotatable bonds is 8. The molecule has 394 valence electrons. The van der Waals surface area contributed by atoms with Gasteiger partial charge >= 0.3 is 306 Å². The van der Waals surface area contributed by atoms with Crippen molar-refractivity contribution in [3.05, 3.63) is 195 Å². The molecule has 9 rings (SSSR count). The van der Waals surface area contributed by atoms with Crippen LogP contribution in [0.25, 0.3) is 61.6 Å². The van der Waals surface area contributed by atoms with Gasteiger partial charge in [0.1, 0.15) is 0 Å². The zero-order valence-electron chi connectivity index (χ0n) is 48.3. The van der Waals surface area contributed by atoms with Gasteiger partial charge in [-0.2, -0.15) is 0 Å².